The number of hydrogen-bond acceptors (Lipinski definition) is 3. The Morgan fingerprint density at radius 3 is 3.00 bits per heavy atom. The lowest BCUT2D eigenvalue weighted by Gasteiger charge is -2.17. The number of nitrogens with two attached hydrogens (primary N) is 1. The van der Waals surface area contributed by atoms with Gasteiger partial charge in [0, 0.05) is 30.8 Å². The number of halogens is 1. The highest BCUT2D eigenvalue weighted by molar-refractivity contribution is 7.80. The first-order chi connectivity index (χ1) is 9.10. The number of methoxy groups -OCH3 is 1. The molecule has 1 fully saturated rings. The van der Waals surface area contributed by atoms with E-state index in [0.717, 1.165) is 42.4 Å². The van der Waals surface area contributed by atoms with Gasteiger partial charge in [-0.2, -0.15) is 0 Å². The van der Waals surface area contributed by atoms with E-state index in [1.807, 2.05) is 18.2 Å². The smallest absolute Gasteiger partial charge is 0.104 e. The highest BCUT2D eigenvalue weighted by Gasteiger charge is 2.22. The summed E-state index contributed by atoms with van der Waals surface area (Å²) in [5, 5.41) is 0.737. The van der Waals surface area contributed by atoms with Crippen molar-refractivity contribution < 1.29 is 4.74 Å². The van der Waals surface area contributed by atoms with Crippen LogP contribution < -0.4 is 5.73 Å². The van der Waals surface area contributed by atoms with Gasteiger partial charge in [-0.25, -0.2) is 0 Å². The molecule has 1 aromatic rings. The summed E-state index contributed by atoms with van der Waals surface area (Å²) in [6, 6.07) is 5.80. The van der Waals surface area contributed by atoms with Gasteiger partial charge in [0.2, 0.25) is 0 Å². The van der Waals surface area contributed by atoms with Gasteiger partial charge in [-0.05, 0) is 30.5 Å². The maximum absolute atomic E-state index is 6.28. The van der Waals surface area contributed by atoms with Crippen LogP contribution in [0.1, 0.15) is 17.5 Å². The Morgan fingerprint density at radius 1 is 1.58 bits per heavy atom. The molecule has 104 valence electrons. The average Bonchev–Trinajstić information content (AvgIpc) is 2.79. The third-order valence-electron chi connectivity index (χ3n) is 3.50. The van der Waals surface area contributed by atoms with Crippen molar-refractivity contribution in [1.82, 2.24) is 4.90 Å². The van der Waals surface area contributed by atoms with Gasteiger partial charge in [0.25, 0.3) is 0 Å². The molecule has 1 aliphatic rings. The number of benzene rings is 1. The minimum absolute atomic E-state index is 0.384. The standard InChI is InChI=1S/C14H19ClN2OS/c1-18-9-10-4-5-17(7-10)8-12-3-2-11(14(16)19)6-13(12)15/h2-3,6,10H,4-5,7-9H2,1H3,(H2,16,19). The van der Waals surface area contributed by atoms with E-state index in [0.29, 0.717) is 10.9 Å². The molecule has 1 aliphatic heterocycles. The van der Waals surface area contributed by atoms with Gasteiger partial charge >= 0.3 is 0 Å². The van der Waals surface area contributed by atoms with Gasteiger partial charge in [0.1, 0.15) is 4.99 Å². The van der Waals surface area contributed by atoms with E-state index in [9.17, 15) is 0 Å². The lowest BCUT2D eigenvalue weighted by molar-refractivity contribution is 0.152. The molecule has 5 heteroatoms. The molecule has 2 N–H and O–H groups in total. The fourth-order valence-electron chi connectivity index (χ4n) is 2.50. The van der Waals surface area contributed by atoms with Gasteiger partial charge < -0.3 is 10.5 Å². The van der Waals surface area contributed by atoms with Crippen molar-refractivity contribution in [2.75, 3.05) is 26.8 Å². The molecular formula is C14H19ClN2OS. The Hall–Kier alpha value is -0.680. The second kappa shape index (κ2) is 6.66. The number of ether oxygens (including phenoxy) is 1. The largest absolute Gasteiger partial charge is 0.389 e. The zero-order chi connectivity index (χ0) is 13.8. The molecule has 0 spiro atoms. The summed E-state index contributed by atoms with van der Waals surface area (Å²) in [4.78, 5) is 2.79. The molecule has 0 aliphatic carbocycles. The maximum atomic E-state index is 6.28. The number of thiocarbonyl (C=S) groups is 1. The third kappa shape index (κ3) is 3.89. The minimum atomic E-state index is 0.384. The summed E-state index contributed by atoms with van der Waals surface area (Å²) in [5.74, 6) is 0.639. The number of likely N-dealkylation sites (tertiary alicyclic amines) is 1. The van der Waals surface area contributed by atoms with Crippen LogP contribution in [0.25, 0.3) is 0 Å². The fourth-order valence-corrected chi connectivity index (χ4v) is 2.87. The van der Waals surface area contributed by atoms with Crippen molar-refractivity contribution >= 4 is 28.8 Å². The number of nitrogens with zero attached hydrogens (tertiary/aromatic N) is 1. The molecule has 3 nitrogen and oxygen atoms in total. The molecule has 1 heterocycles. The van der Waals surface area contributed by atoms with Crippen LogP contribution in [0.2, 0.25) is 5.02 Å². The maximum Gasteiger partial charge on any atom is 0.104 e. The first kappa shape index (κ1) is 14.7. The molecule has 0 amide bonds. The fraction of sp³-hybridized carbons (Fsp3) is 0.500. The molecule has 2 rings (SSSR count). The number of hydrogen-bond donors (Lipinski definition) is 1. The van der Waals surface area contributed by atoms with E-state index in [-0.39, 0.29) is 0 Å². The normalized spacial score (nSPS) is 19.8. The topological polar surface area (TPSA) is 38.5 Å². The molecule has 1 aromatic carbocycles. The summed E-state index contributed by atoms with van der Waals surface area (Å²) in [5.41, 5.74) is 7.54. The second-order valence-electron chi connectivity index (χ2n) is 5.02. The first-order valence-electron chi connectivity index (χ1n) is 6.39. The van der Waals surface area contributed by atoms with E-state index in [4.69, 9.17) is 34.3 Å². The summed E-state index contributed by atoms with van der Waals surface area (Å²) in [6.07, 6.45) is 1.19. The Bertz CT molecular complexity index is 467. The van der Waals surface area contributed by atoms with Crippen molar-refractivity contribution in [3.63, 3.8) is 0 Å². The minimum Gasteiger partial charge on any atom is -0.389 e. The van der Waals surface area contributed by atoms with Crippen LogP contribution in [0.4, 0.5) is 0 Å². The summed E-state index contributed by atoms with van der Waals surface area (Å²) in [7, 11) is 1.76. The lowest BCUT2D eigenvalue weighted by atomic mass is 10.1. The molecule has 0 radical (unpaired) electrons. The van der Waals surface area contributed by atoms with Crippen molar-refractivity contribution in [1.29, 1.82) is 0 Å². The van der Waals surface area contributed by atoms with Crippen molar-refractivity contribution in [3.05, 3.63) is 34.3 Å². The number of rotatable bonds is 5. The van der Waals surface area contributed by atoms with Crippen molar-refractivity contribution in [2.45, 2.75) is 13.0 Å². The van der Waals surface area contributed by atoms with E-state index in [1.54, 1.807) is 7.11 Å². The van der Waals surface area contributed by atoms with Crippen LogP contribution in [0.5, 0.6) is 0 Å². The molecule has 1 saturated heterocycles. The van der Waals surface area contributed by atoms with Crippen LogP contribution in [0, 0.1) is 5.92 Å². The second-order valence-corrected chi connectivity index (χ2v) is 5.86. The molecule has 1 atom stereocenters. The van der Waals surface area contributed by atoms with Crippen LogP contribution in [-0.2, 0) is 11.3 Å². The van der Waals surface area contributed by atoms with Gasteiger partial charge in [-0.15, -0.1) is 0 Å². The van der Waals surface area contributed by atoms with Crippen molar-refractivity contribution in [3.8, 4) is 0 Å². The Labute approximate surface area is 124 Å². The molecule has 19 heavy (non-hydrogen) atoms. The Kier molecular flexibility index (Phi) is 5.16. The predicted octanol–water partition coefficient (Wildman–Crippen LogP) is 2.44. The Morgan fingerprint density at radius 2 is 2.37 bits per heavy atom. The van der Waals surface area contributed by atoms with Crippen molar-refractivity contribution in [2.24, 2.45) is 11.7 Å². The highest BCUT2D eigenvalue weighted by Crippen LogP contribution is 2.23. The molecule has 1 unspecified atom stereocenters. The van der Waals surface area contributed by atoms with Crippen LogP contribution in [-0.4, -0.2) is 36.7 Å². The summed E-state index contributed by atoms with van der Waals surface area (Å²) >= 11 is 11.2. The van der Waals surface area contributed by atoms with Crippen LogP contribution in [0.15, 0.2) is 18.2 Å². The van der Waals surface area contributed by atoms with E-state index < -0.39 is 0 Å². The molecule has 0 aromatic heterocycles. The van der Waals surface area contributed by atoms with Crippen LogP contribution >= 0.6 is 23.8 Å². The zero-order valence-electron chi connectivity index (χ0n) is 11.1. The monoisotopic (exact) mass is 298 g/mol. The molecule has 0 bridgehead atoms. The average molecular weight is 299 g/mol. The lowest BCUT2D eigenvalue weighted by Crippen LogP contribution is -2.21. The van der Waals surface area contributed by atoms with E-state index in [1.165, 1.54) is 6.42 Å². The summed E-state index contributed by atoms with van der Waals surface area (Å²) in [6.45, 7) is 3.88. The van der Waals surface area contributed by atoms with Gasteiger partial charge in [0.05, 0.1) is 6.61 Å². The van der Waals surface area contributed by atoms with Gasteiger partial charge in [0.15, 0.2) is 0 Å². The summed E-state index contributed by atoms with van der Waals surface area (Å²) < 4.78 is 5.21. The highest BCUT2D eigenvalue weighted by atomic mass is 35.5. The quantitative estimate of drug-likeness (QED) is 0.848. The van der Waals surface area contributed by atoms with E-state index in [2.05, 4.69) is 4.90 Å². The van der Waals surface area contributed by atoms with Gasteiger partial charge in [-0.3, -0.25) is 4.90 Å². The zero-order valence-corrected chi connectivity index (χ0v) is 12.6. The Balaban J connectivity index is 1.98. The first-order valence-corrected chi connectivity index (χ1v) is 7.18. The SMILES string of the molecule is COCC1CCN(Cc2ccc(C(N)=S)cc2Cl)C1. The molecular weight excluding hydrogens is 280 g/mol. The van der Waals surface area contributed by atoms with Gasteiger partial charge in [-0.1, -0.05) is 36.0 Å². The third-order valence-corrected chi connectivity index (χ3v) is 4.09. The van der Waals surface area contributed by atoms with Crippen LogP contribution in [0.3, 0.4) is 0 Å². The predicted molar refractivity (Wildman–Crippen MR) is 82.6 cm³/mol. The molecule has 0 saturated carbocycles. The van der Waals surface area contributed by atoms with E-state index >= 15 is 0 Å².